The molecular formula is C19H14N2O5S2. The monoisotopic (exact) mass is 414 g/mol. The van der Waals surface area contributed by atoms with Gasteiger partial charge in [0, 0.05) is 16.0 Å². The van der Waals surface area contributed by atoms with Gasteiger partial charge in [-0.2, -0.15) is 0 Å². The van der Waals surface area contributed by atoms with Crippen LogP contribution >= 0.6 is 11.8 Å². The Hall–Kier alpha value is -2.91. The topological polar surface area (TPSA) is 105 Å². The molecule has 2 aromatic rings. The van der Waals surface area contributed by atoms with Crippen LogP contribution in [0, 0.1) is 0 Å². The molecule has 1 amide bonds. The number of thioether (sulfide) groups is 1. The van der Waals surface area contributed by atoms with Gasteiger partial charge in [-0.1, -0.05) is 36.0 Å². The predicted molar refractivity (Wildman–Crippen MR) is 104 cm³/mol. The number of fused-ring (bicyclic) bond motifs is 1. The summed E-state index contributed by atoms with van der Waals surface area (Å²) in [6, 6.07) is 13.9. The molecule has 1 N–H and O–H groups in total. The van der Waals surface area contributed by atoms with Crippen LogP contribution in [0.15, 0.2) is 75.8 Å². The zero-order valence-corrected chi connectivity index (χ0v) is 16.0. The molecule has 0 aliphatic carbocycles. The maximum absolute atomic E-state index is 12.9. The van der Waals surface area contributed by atoms with Crippen molar-refractivity contribution in [2.24, 2.45) is 0 Å². The quantitative estimate of drug-likeness (QED) is 0.604. The van der Waals surface area contributed by atoms with E-state index in [9.17, 15) is 23.1 Å². The third-order valence-electron chi connectivity index (χ3n) is 4.32. The number of aliphatic carboxylic acids is 1. The fourth-order valence-corrected chi connectivity index (χ4v) is 6.47. The number of rotatable bonds is 4. The average molecular weight is 414 g/mol. The number of pyridine rings is 1. The van der Waals surface area contributed by atoms with Crippen LogP contribution < -0.4 is 0 Å². The van der Waals surface area contributed by atoms with Crippen molar-refractivity contribution in [1.29, 1.82) is 0 Å². The van der Waals surface area contributed by atoms with E-state index in [1.54, 1.807) is 48.5 Å². The summed E-state index contributed by atoms with van der Waals surface area (Å²) in [6.45, 7) is 0. The third-order valence-corrected chi connectivity index (χ3v) is 7.43. The van der Waals surface area contributed by atoms with Gasteiger partial charge >= 0.3 is 5.97 Å². The van der Waals surface area contributed by atoms with E-state index in [4.69, 9.17) is 0 Å². The highest BCUT2D eigenvalue weighted by molar-refractivity contribution is 8.04. The summed E-state index contributed by atoms with van der Waals surface area (Å²) in [5.41, 5.74) is 0.184. The van der Waals surface area contributed by atoms with Gasteiger partial charge in [0.2, 0.25) is 0 Å². The van der Waals surface area contributed by atoms with E-state index in [0.29, 0.717) is 10.6 Å². The molecule has 142 valence electrons. The Bertz CT molecular complexity index is 1130. The van der Waals surface area contributed by atoms with Crippen LogP contribution in [0.5, 0.6) is 0 Å². The van der Waals surface area contributed by atoms with E-state index in [2.05, 4.69) is 4.98 Å². The molecule has 1 fully saturated rings. The molecule has 28 heavy (non-hydrogen) atoms. The summed E-state index contributed by atoms with van der Waals surface area (Å²) >= 11 is 1.04. The summed E-state index contributed by atoms with van der Waals surface area (Å²) < 4.78 is 25.7. The minimum absolute atomic E-state index is 0.0289. The Morgan fingerprint density at radius 1 is 1.18 bits per heavy atom. The summed E-state index contributed by atoms with van der Waals surface area (Å²) in [5.74, 6) is -2.41. The lowest BCUT2D eigenvalue weighted by molar-refractivity contribution is -0.141. The maximum Gasteiger partial charge on any atom is 0.353 e. The van der Waals surface area contributed by atoms with Crippen LogP contribution in [0.3, 0.4) is 0 Å². The van der Waals surface area contributed by atoms with Gasteiger partial charge in [-0.05, 0) is 30.3 Å². The number of carbonyl (C=O) groups excluding carboxylic acids is 1. The molecular weight excluding hydrogens is 400 g/mol. The van der Waals surface area contributed by atoms with Crippen molar-refractivity contribution in [3.05, 3.63) is 76.6 Å². The second-order valence-electron chi connectivity index (χ2n) is 6.18. The largest absolute Gasteiger partial charge is 0.477 e. The van der Waals surface area contributed by atoms with Gasteiger partial charge in [-0.25, -0.2) is 13.2 Å². The molecule has 0 radical (unpaired) electrons. The fraction of sp³-hybridized carbons (Fsp3) is 0.105. The van der Waals surface area contributed by atoms with Crippen molar-refractivity contribution in [1.82, 2.24) is 9.88 Å². The van der Waals surface area contributed by atoms with Crippen LogP contribution in [-0.2, 0) is 19.4 Å². The minimum atomic E-state index is -3.79. The average Bonchev–Trinajstić information content (AvgIpc) is 2.66. The fourth-order valence-electron chi connectivity index (χ4n) is 3.15. The molecule has 9 heteroatoms. The maximum atomic E-state index is 12.9. The molecule has 2 aliphatic rings. The Kier molecular flexibility index (Phi) is 4.56. The number of aromatic nitrogens is 1. The molecule has 2 aliphatic heterocycles. The van der Waals surface area contributed by atoms with Gasteiger partial charge in [0.15, 0.2) is 15.2 Å². The molecule has 0 spiro atoms. The smallest absolute Gasteiger partial charge is 0.353 e. The second-order valence-corrected chi connectivity index (χ2v) is 9.41. The first-order chi connectivity index (χ1) is 13.4. The molecule has 1 aromatic heterocycles. The number of hydrogen-bond acceptors (Lipinski definition) is 6. The van der Waals surface area contributed by atoms with E-state index in [0.717, 1.165) is 16.7 Å². The van der Waals surface area contributed by atoms with Crippen LogP contribution in [0.4, 0.5) is 0 Å². The van der Waals surface area contributed by atoms with Crippen LogP contribution in [0.2, 0.25) is 0 Å². The van der Waals surface area contributed by atoms with Gasteiger partial charge in [-0.3, -0.25) is 14.7 Å². The first kappa shape index (κ1) is 18.5. The van der Waals surface area contributed by atoms with E-state index in [-0.39, 0.29) is 16.2 Å². The Labute approximate surface area is 165 Å². The molecule has 0 saturated carbocycles. The highest BCUT2D eigenvalue weighted by Crippen LogP contribution is 2.44. The first-order valence-electron chi connectivity index (χ1n) is 8.25. The lowest BCUT2D eigenvalue weighted by Gasteiger charge is -2.45. The SMILES string of the molecule is O=C(O)C1=C(Sc2ccccc2)CS(=O)(=O)[C@@H]2/C(=C\c3ccccn3)C(=O)N12. The summed E-state index contributed by atoms with van der Waals surface area (Å²) in [6.07, 6.45) is 2.93. The van der Waals surface area contributed by atoms with E-state index in [1.807, 2.05) is 0 Å². The lowest BCUT2D eigenvalue weighted by Crippen LogP contribution is -2.62. The van der Waals surface area contributed by atoms with Gasteiger partial charge in [0.05, 0.1) is 17.0 Å². The number of benzene rings is 1. The van der Waals surface area contributed by atoms with Crippen molar-refractivity contribution in [2.75, 3.05) is 5.75 Å². The molecule has 1 aromatic carbocycles. The molecule has 1 atom stereocenters. The van der Waals surface area contributed by atoms with Crippen molar-refractivity contribution in [3.63, 3.8) is 0 Å². The van der Waals surface area contributed by atoms with E-state index in [1.165, 1.54) is 12.3 Å². The number of amides is 1. The Morgan fingerprint density at radius 3 is 2.54 bits per heavy atom. The van der Waals surface area contributed by atoms with Crippen LogP contribution in [0.25, 0.3) is 6.08 Å². The van der Waals surface area contributed by atoms with Crippen molar-refractivity contribution >= 4 is 39.6 Å². The summed E-state index contributed by atoms with van der Waals surface area (Å²) in [5, 5.41) is 8.38. The second kappa shape index (κ2) is 6.92. The number of carbonyl (C=O) groups is 2. The number of β-lactam (4-membered cyclic amide) rings is 1. The number of carboxylic acid groups (broad SMARTS) is 1. The molecule has 0 unspecified atom stereocenters. The van der Waals surface area contributed by atoms with Crippen LogP contribution in [0.1, 0.15) is 5.69 Å². The minimum Gasteiger partial charge on any atom is -0.477 e. The first-order valence-corrected chi connectivity index (χ1v) is 10.8. The molecule has 0 bridgehead atoms. The predicted octanol–water partition coefficient (Wildman–Crippen LogP) is 2.15. The number of hydrogen-bond donors (Lipinski definition) is 1. The number of nitrogens with zero attached hydrogens (tertiary/aromatic N) is 2. The number of sulfone groups is 1. The normalized spacial score (nSPS) is 22.0. The van der Waals surface area contributed by atoms with E-state index < -0.39 is 32.8 Å². The Balaban J connectivity index is 1.77. The summed E-state index contributed by atoms with van der Waals surface area (Å²) in [4.78, 5) is 30.3. The molecule has 7 nitrogen and oxygen atoms in total. The van der Waals surface area contributed by atoms with Crippen molar-refractivity contribution < 1.29 is 23.1 Å². The standard InChI is InChI=1S/C19H14N2O5S2/c22-17-14(10-12-6-4-5-9-20-12)18-21(17)16(19(23)24)15(11-28(18,25)26)27-13-7-2-1-3-8-13/h1-10,18H,11H2,(H,23,24)/b14-10-/t18-/m1/s1. The number of carboxylic acids is 1. The highest BCUT2D eigenvalue weighted by Gasteiger charge is 2.56. The molecule has 3 heterocycles. The van der Waals surface area contributed by atoms with Gasteiger partial charge in [0.25, 0.3) is 5.91 Å². The van der Waals surface area contributed by atoms with Crippen molar-refractivity contribution in [2.45, 2.75) is 10.3 Å². The van der Waals surface area contributed by atoms with E-state index >= 15 is 0 Å². The van der Waals surface area contributed by atoms with Gasteiger partial charge in [0.1, 0.15) is 5.70 Å². The van der Waals surface area contributed by atoms with Crippen LogP contribution in [-0.4, -0.2) is 46.4 Å². The van der Waals surface area contributed by atoms with Gasteiger partial charge < -0.3 is 5.11 Å². The summed E-state index contributed by atoms with van der Waals surface area (Å²) in [7, 11) is -3.79. The third kappa shape index (κ3) is 3.12. The lowest BCUT2D eigenvalue weighted by atomic mass is 10.0. The highest BCUT2D eigenvalue weighted by atomic mass is 32.2. The molecule has 4 rings (SSSR count). The Morgan fingerprint density at radius 2 is 1.89 bits per heavy atom. The van der Waals surface area contributed by atoms with Gasteiger partial charge in [-0.15, -0.1) is 0 Å². The zero-order chi connectivity index (χ0) is 19.9. The molecule has 1 saturated heterocycles. The zero-order valence-electron chi connectivity index (χ0n) is 14.3. The van der Waals surface area contributed by atoms with Crippen molar-refractivity contribution in [3.8, 4) is 0 Å².